The van der Waals surface area contributed by atoms with Crippen molar-refractivity contribution < 1.29 is 13.6 Å². The molecular weight excluding hydrogens is 252 g/mol. The first-order valence-corrected chi connectivity index (χ1v) is 5.56. The highest BCUT2D eigenvalue weighted by atomic mass is 19.2. The summed E-state index contributed by atoms with van der Waals surface area (Å²) in [4.78, 5) is 19.2. The van der Waals surface area contributed by atoms with Crippen LogP contribution in [0.3, 0.4) is 0 Å². The van der Waals surface area contributed by atoms with E-state index in [1.54, 1.807) is 6.92 Å². The number of carbonyl (C=O) groups is 1. The molecule has 0 saturated heterocycles. The Labute approximate surface area is 108 Å². The summed E-state index contributed by atoms with van der Waals surface area (Å²) in [6, 6.07) is 3.53. The number of aromatic nitrogens is 2. The monoisotopic (exact) mass is 263 g/mol. The molecule has 0 spiro atoms. The van der Waals surface area contributed by atoms with E-state index in [1.807, 2.05) is 0 Å². The van der Waals surface area contributed by atoms with Crippen LogP contribution in [0.25, 0.3) is 0 Å². The van der Waals surface area contributed by atoms with Gasteiger partial charge in [-0.15, -0.1) is 0 Å². The van der Waals surface area contributed by atoms with Crippen molar-refractivity contribution >= 4 is 5.91 Å². The van der Waals surface area contributed by atoms with E-state index in [4.69, 9.17) is 5.73 Å². The zero-order valence-corrected chi connectivity index (χ0v) is 10.1. The molecule has 0 aliphatic carbocycles. The first kappa shape index (κ1) is 13.1. The van der Waals surface area contributed by atoms with Crippen LogP contribution in [0.1, 0.15) is 34.6 Å². The molecule has 1 aromatic carbocycles. The first-order chi connectivity index (χ1) is 9.00. The Balaban J connectivity index is 2.46. The van der Waals surface area contributed by atoms with Gasteiger partial charge in [0, 0.05) is 18.3 Å². The van der Waals surface area contributed by atoms with Crippen LogP contribution in [0.5, 0.6) is 0 Å². The normalized spacial score (nSPS) is 12.2. The second-order valence-electron chi connectivity index (χ2n) is 4.05. The lowest BCUT2D eigenvalue weighted by Gasteiger charge is -2.13. The summed E-state index contributed by atoms with van der Waals surface area (Å²) < 4.78 is 26.1. The first-order valence-electron chi connectivity index (χ1n) is 5.56. The average molecular weight is 263 g/mol. The van der Waals surface area contributed by atoms with Crippen molar-refractivity contribution in [2.24, 2.45) is 5.73 Å². The minimum atomic E-state index is -0.950. The Bertz CT molecular complexity index is 631. The summed E-state index contributed by atoms with van der Waals surface area (Å²) in [5.41, 5.74) is 6.06. The number of benzene rings is 1. The Morgan fingerprint density at radius 2 is 1.89 bits per heavy atom. The van der Waals surface area contributed by atoms with Crippen LogP contribution in [-0.2, 0) is 0 Å². The zero-order chi connectivity index (χ0) is 14.0. The standard InChI is InChI=1S/C13H11F2N3O/c1-7(8-2-3-9(14)10(15)6-8)11-12(13(16)19)18-5-4-17-11/h2-7H,1H3,(H2,16,19). The molecule has 4 nitrogen and oxygen atoms in total. The summed E-state index contributed by atoms with van der Waals surface area (Å²) in [5.74, 6) is -3.01. The molecule has 1 amide bonds. The molecule has 0 aliphatic rings. The number of halogens is 2. The smallest absolute Gasteiger partial charge is 0.269 e. The molecule has 0 fully saturated rings. The third kappa shape index (κ3) is 2.57. The van der Waals surface area contributed by atoms with Crippen molar-refractivity contribution in [3.8, 4) is 0 Å². The van der Waals surface area contributed by atoms with Crippen LogP contribution < -0.4 is 5.73 Å². The van der Waals surface area contributed by atoms with Crippen LogP contribution in [-0.4, -0.2) is 15.9 Å². The number of nitrogens with two attached hydrogens (primary N) is 1. The Morgan fingerprint density at radius 3 is 2.53 bits per heavy atom. The topological polar surface area (TPSA) is 68.9 Å². The SMILES string of the molecule is CC(c1ccc(F)c(F)c1)c1nccnc1C(N)=O. The number of hydrogen-bond donors (Lipinski definition) is 1. The number of rotatable bonds is 3. The van der Waals surface area contributed by atoms with E-state index >= 15 is 0 Å². The van der Waals surface area contributed by atoms with Gasteiger partial charge in [-0.05, 0) is 17.7 Å². The maximum absolute atomic E-state index is 13.2. The van der Waals surface area contributed by atoms with Crippen LogP contribution in [0, 0.1) is 11.6 Å². The molecule has 0 saturated carbocycles. The predicted octanol–water partition coefficient (Wildman–Crippen LogP) is 2.01. The fourth-order valence-corrected chi connectivity index (χ4v) is 1.80. The minimum absolute atomic E-state index is 0.0275. The molecule has 2 aromatic rings. The Morgan fingerprint density at radius 1 is 1.21 bits per heavy atom. The molecule has 1 atom stereocenters. The molecule has 2 rings (SSSR count). The van der Waals surface area contributed by atoms with Crippen LogP contribution >= 0.6 is 0 Å². The fraction of sp³-hybridized carbons (Fsp3) is 0.154. The highest BCUT2D eigenvalue weighted by Gasteiger charge is 2.19. The lowest BCUT2D eigenvalue weighted by Crippen LogP contribution is -2.18. The minimum Gasteiger partial charge on any atom is -0.364 e. The van der Waals surface area contributed by atoms with E-state index in [9.17, 15) is 13.6 Å². The van der Waals surface area contributed by atoms with Crippen LogP contribution in [0.4, 0.5) is 8.78 Å². The quantitative estimate of drug-likeness (QED) is 0.920. The third-order valence-corrected chi connectivity index (χ3v) is 2.81. The number of nitrogens with zero attached hydrogens (tertiary/aromatic N) is 2. The van der Waals surface area contributed by atoms with Gasteiger partial charge in [0.15, 0.2) is 11.6 Å². The molecule has 1 aromatic heterocycles. The third-order valence-electron chi connectivity index (χ3n) is 2.81. The van der Waals surface area contributed by atoms with Crippen molar-refractivity contribution in [1.82, 2.24) is 9.97 Å². The Hall–Kier alpha value is -2.37. The summed E-state index contributed by atoms with van der Waals surface area (Å²) in [5, 5.41) is 0. The van der Waals surface area contributed by atoms with Gasteiger partial charge < -0.3 is 5.73 Å². The second kappa shape index (κ2) is 5.09. The van der Waals surface area contributed by atoms with Crippen molar-refractivity contribution in [2.75, 3.05) is 0 Å². The highest BCUT2D eigenvalue weighted by molar-refractivity contribution is 5.92. The van der Waals surface area contributed by atoms with E-state index < -0.39 is 23.5 Å². The maximum atomic E-state index is 13.2. The molecule has 0 bridgehead atoms. The largest absolute Gasteiger partial charge is 0.364 e. The number of amides is 1. The predicted molar refractivity (Wildman–Crippen MR) is 64.4 cm³/mol. The van der Waals surface area contributed by atoms with Gasteiger partial charge in [-0.25, -0.2) is 13.8 Å². The summed E-state index contributed by atoms with van der Waals surface area (Å²) in [7, 11) is 0. The van der Waals surface area contributed by atoms with Crippen molar-refractivity contribution in [2.45, 2.75) is 12.8 Å². The van der Waals surface area contributed by atoms with Gasteiger partial charge in [0.25, 0.3) is 5.91 Å². The van der Waals surface area contributed by atoms with Gasteiger partial charge in [0.2, 0.25) is 0 Å². The van der Waals surface area contributed by atoms with Gasteiger partial charge in [-0.2, -0.15) is 0 Å². The molecule has 6 heteroatoms. The van der Waals surface area contributed by atoms with Crippen LogP contribution in [0.2, 0.25) is 0 Å². The van der Waals surface area contributed by atoms with Gasteiger partial charge in [0.05, 0.1) is 5.69 Å². The molecule has 0 radical (unpaired) electrons. The fourth-order valence-electron chi connectivity index (χ4n) is 1.80. The van der Waals surface area contributed by atoms with Gasteiger partial charge in [-0.3, -0.25) is 9.78 Å². The zero-order valence-electron chi connectivity index (χ0n) is 10.1. The molecule has 2 N–H and O–H groups in total. The van der Waals surface area contributed by atoms with Crippen molar-refractivity contribution in [3.63, 3.8) is 0 Å². The molecule has 1 heterocycles. The lowest BCUT2D eigenvalue weighted by molar-refractivity contribution is 0.0994. The maximum Gasteiger partial charge on any atom is 0.269 e. The molecule has 1 unspecified atom stereocenters. The van der Waals surface area contributed by atoms with E-state index in [0.717, 1.165) is 12.1 Å². The lowest BCUT2D eigenvalue weighted by atomic mass is 9.95. The molecular formula is C13H11F2N3O. The number of carbonyl (C=O) groups excluding carboxylic acids is 1. The summed E-state index contributed by atoms with van der Waals surface area (Å²) in [6.07, 6.45) is 2.76. The van der Waals surface area contributed by atoms with Crippen LogP contribution in [0.15, 0.2) is 30.6 Å². The second-order valence-corrected chi connectivity index (χ2v) is 4.05. The summed E-state index contributed by atoms with van der Waals surface area (Å²) >= 11 is 0. The van der Waals surface area contributed by atoms with Gasteiger partial charge >= 0.3 is 0 Å². The highest BCUT2D eigenvalue weighted by Crippen LogP contribution is 2.25. The summed E-state index contributed by atoms with van der Waals surface area (Å²) in [6.45, 7) is 1.71. The van der Waals surface area contributed by atoms with Gasteiger partial charge in [0.1, 0.15) is 5.69 Å². The van der Waals surface area contributed by atoms with E-state index in [2.05, 4.69) is 9.97 Å². The van der Waals surface area contributed by atoms with E-state index in [-0.39, 0.29) is 5.69 Å². The number of primary amides is 1. The van der Waals surface area contributed by atoms with Crippen molar-refractivity contribution in [3.05, 3.63) is 59.2 Å². The molecule has 0 aliphatic heterocycles. The van der Waals surface area contributed by atoms with E-state index in [0.29, 0.717) is 11.3 Å². The Kier molecular flexibility index (Phi) is 3.50. The number of hydrogen-bond acceptors (Lipinski definition) is 3. The molecule has 98 valence electrons. The average Bonchev–Trinajstić information content (AvgIpc) is 2.41. The molecule has 19 heavy (non-hydrogen) atoms. The van der Waals surface area contributed by atoms with Gasteiger partial charge in [-0.1, -0.05) is 13.0 Å². The van der Waals surface area contributed by atoms with Crippen molar-refractivity contribution in [1.29, 1.82) is 0 Å². The van der Waals surface area contributed by atoms with E-state index in [1.165, 1.54) is 18.5 Å².